The lowest BCUT2D eigenvalue weighted by atomic mass is 9.96. The van der Waals surface area contributed by atoms with E-state index in [9.17, 15) is 51.1 Å². The molecule has 0 bridgehead atoms. The molecule has 10 N–H and O–H groups in total. The van der Waals surface area contributed by atoms with Gasteiger partial charge in [-0.15, -0.1) is 0 Å². The molecule has 3 fully saturated rings. The van der Waals surface area contributed by atoms with Crippen molar-refractivity contribution in [3.05, 3.63) is 35.9 Å². The van der Waals surface area contributed by atoms with Crippen molar-refractivity contribution in [2.45, 2.75) is 98.7 Å². The van der Waals surface area contributed by atoms with Crippen LogP contribution in [-0.4, -0.2) is 163 Å². The van der Waals surface area contributed by atoms with E-state index in [-0.39, 0.29) is 6.61 Å². The third-order valence-electron chi connectivity index (χ3n) is 7.33. The van der Waals surface area contributed by atoms with Gasteiger partial charge in [-0.2, -0.15) is 0 Å². The molecule has 4 rings (SSSR count). The third-order valence-corrected chi connectivity index (χ3v) is 7.33. The topological polar surface area (TPSA) is 258 Å². The Balaban J connectivity index is 1.49. The van der Waals surface area contributed by atoms with Crippen LogP contribution < -0.4 is 0 Å². The van der Waals surface area contributed by atoms with Gasteiger partial charge in [0.25, 0.3) is 0 Å². The van der Waals surface area contributed by atoms with Crippen molar-refractivity contribution >= 4 is 0 Å². The number of ether oxygens (including phenoxy) is 6. The van der Waals surface area contributed by atoms with Crippen LogP contribution >= 0.6 is 0 Å². The van der Waals surface area contributed by atoms with Crippen molar-refractivity contribution in [3.8, 4) is 0 Å². The molecule has 3 heterocycles. The summed E-state index contributed by atoms with van der Waals surface area (Å²) in [5.41, 5.74) is 0.742. The first-order valence-electron chi connectivity index (χ1n) is 13.1. The Hall–Kier alpha value is -1.42. The molecule has 16 heteroatoms. The molecule has 3 saturated heterocycles. The summed E-state index contributed by atoms with van der Waals surface area (Å²) >= 11 is 0. The molecule has 0 saturated carbocycles. The first-order chi connectivity index (χ1) is 19.6. The van der Waals surface area contributed by atoms with Gasteiger partial charge in [-0.25, -0.2) is 0 Å². The summed E-state index contributed by atoms with van der Waals surface area (Å²) < 4.78 is 33.1. The lowest BCUT2D eigenvalue weighted by molar-refractivity contribution is -0.381. The summed E-state index contributed by atoms with van der Waals surface area (Å²) in [6, 6.07) is 8.89. The number of rotatable bonds is 10. The van der Waals surface area contributed by atoms with Gasteiger partial charge in [0.1, 0.15) is 73.2 Å². The first-order valence-corrected chi connectivity index (χ1v) is 13.1. The van der Waals surface area contributed by atoms with Crippen molar-refractivity contribution in [2.75, 3.05) is 19.8 Å². The molecule has 0 aliphatic carbocycles. The fraction of sp³-hybridized carbons (Fsp3) is 0.760. The average molecular weight is 595 g/mol. The molecule has 3 aliphatic rings. The van der Waals surface area contributed by atoms with Gasteiger partial charge in [-0.1, -0.05) is 30.3 Å². The number of hydrogen-bond donors (Lipinski definition) is 10. The fourth-order valence-corrected chi connectivity index (χ4v) is 4.92. The molecule has 15 atom stereocenters. The van der Waals surface area contributed by atoms with E-state index in [4.69, 9.17) is 28.4 Å². The fourth-order valence-electron chi connectivity index (χ4n) is 4.92. The predicted molar refractivity (Wildman–Crippen MR) is 130 cm³/mol. The normalized spacial score (nSPS) is 45.5. The second-order valence-corrected chi connectivity index (χ2v) is 10.1. The van der Waals surface area contributed by atoms with Crippen molar-refractivity contribution in [3.63, 3.8) is 0 Å². The van der Waals surface area contributed by atoms with Gasteiger partial charge < -0.3 is 79.5 Å². The molecule has 1 aromatic rings. The van der Waals surface area contributed by atoms with Crippen molar-refractivity contribution in [1.29, 1.82) is 0 Å². The van der Waals surface area contributed by atoms with Gasteiger partial charge in [0.2, 0.25) is 0 Å². The van der Waals surface area contributed by atoms with Gasteiger partial charge in [-0.05, 0) is 5.56 Å². The van der Waals surface area contributed by atoms with Crippen LogP contribution in [-0.2, 0) is 35.0 Å². The quantitative estimate of drug-likeness (QED) is 0.121. The van der Waals surface area contributed by atoms with E-state index in [2.05, 4.69) is 0 Å². The summed E-state index contributed by atoms with van der Waals surface area (Å²) in [5.74, 6) is 0. The van der Waals surface area contributed by atoms with Crippen molar-refractivity contribution in [1.82, 2.24) is 0 Å². The first kappa shape index (κ1) is 32.5. The van der Waals surface area contributed by atoms with E-state index in [1.165, 1.54) is 0 Å². The van der Waals surface area contributed by atoms with E-state index in [1.807, 2.05) is 0 Å². The molecule has 0 unspecified atom stereocenters. The molecule has 0 spiro atoms. The van der Waals surface area contributed by atoms with E-state index in [1.54, 1.807) is 30.3 Å². The smallest absolute Gasteiger partial charge is 0.187 e. The zero-order chi connectivity index (χ0) is 29.8. The molecule has 0 amide bonds. The van der Waals surface area contributed by atoms with Crippen LogP contribution in [0.2, 0.25) is 0 Å². The highest BCUT2D eigenvalue weighted by Crippen LogP contribution is 2.33. The highest BCUT2D eigenvalue weighted by molar-refractivity contribution is 5.13. The van der Waals surface area contributed by atoms with Crippen LogP contribution in [0.3, 0.4) is 0 Å². The van der Waals surface area contributed by atoms with Crippen LogP contribution in [0.4, 0.5) is 0 Å². The van der Waals surface area contributed by atoms with Gasteiger partial charge in [-0.3, -0.25) is 0 Å². The number of aliphatic hydroxyl groups excluding tert-OH is 10. The largest absolute Gasteiger partial charge is 0.394 e. The molecule has 0 radical (unpaired) electrons. The summed E-state index contributed by atoms with van der Waals surface area (Å²) in [5, 5.41) is 103. The Labute approximate surface area is 234 Å². The lowest BCUT2D eigenvalue weighted by Crippen LogP contribution is -2.66. The van der Waals surface area contributed by atoms with Gasteiger partial charge in [0.15, 0.2) is 18.9 Å². The number of benzene rings is 1. The SMILES string of the molecule is OC[C@H]1O[C@@H](O[C@@H]2[C@@H](O)[C@H](O[C@@H]3[C@@H](O)[C@H](OCc4ccccc4)O[C@H](CO)[C@H]3O)O[C@H](CO)[C@H]2O)[C@H](O)[C@@H](O)[C@@H]1O. The summed E-state index contributed by atoms with van der Waals surface area (Å²) in [7, 11) is 0. The van der Waals surface area contributed by atoms with Crippen molar-refractivity contribution < 1.29 is 79.5 Å². The number of hydrogen-bond acceptors (Lipinski definition) is 16. The minimum atomic E-state index is -1.90. The molecule has 3 aliphatic heterocycles. The predicted octanol–water partition coefficient (Wildman–Crippen LogP) is -5.35. The molecule has 41 heavy (non-hydrogen) atoms. The maximum atomic E-state index is 11.0. The molecular weight excluding hydrogens is 556 g/mol. The van der Waals surface area contributed by atoms with E-state index >= 15 is 0 Å². The summed E-state index contributed by atoms with van der Waals surface area (Å²) in [4.78, 5) is 0. The van der Waals surface area contributed by atoms with Crippen LogP contribution in [0.1, 0.15) is 5.56 Å². The standard InChI is InChI=1S/C25H38O16/c26-6-11-14(29)17(32)18(33)24(38-11)40-22-16(31)13(8-28)39-25(20(22)35)41-21-15(30)12(7-27)37-23(19(21)34)36-9-10-4-2-1-3-5-10/h1-5,11-35H,6-9H2/t11-,12-,13-,14-,15-,16-,17+,18-,19-,20-,21+,22+,23-,24+,25+/m1/s1. The van der Waals surface area contributed by atoms with Crippen molar-refractivity contribution in [2.24, 2.45) is 0 Å². The summed E-state index contributed by atoms with van der Waals surface area (Å²) in [6.07, 6.45) is -24.6. The van der Waals surface area contributed by atoms with E-state index in [0.29, 0.717) is 0 Å². The second-order valence-electron chi connectivity index (χ2n) is 10.1. The van der Waals surface area contributed by atoms with Crippen LogP contribution in [0.15, 0.2) is 30.3 Å². The van der Waals surface area contributed by atoms with Gasteiger partial charge in [0.05, 0.1) is 26.4 Å². The molecule has 234 valence electrons. The molecular formula is C25H38O16. The Morgan fingerprint density at radius 1 is 0.512 bits per heavy atom. The number of aliphatic hydroxyl groups is 10. The Morgan fingerprint density at radius 3 is 1.46 bits per heavy atom. The highest BCUT2D eigenvalue weighted by atomic mass is 16.8. The van der Waals surface area contributed by atoms with Crippen LogP contribution in [0.25, 0.3) is 0 Å². The second kappa shape index (κ2) is 14.4. The van der Waals surface area contributed by atoms with Gasteiger partial charge >= 0.3 is 0 Å². The Bertz CT molecular complexity index is 924. The van der Waals surface area contributed by atoms with E-state index in [0.717, 1.165) is 5.56 Å². The monoisotopic (exact) mass is 594 g/mol. The maximum absolute atomic E-state index is 11.0. The molecule has 0 aromatic heterocycles. The molecule has 16 nitrogen and oxygen atoms in total. The van der Waals surface area contributed by atoms with Crippen LogP contribution in [0, 0.1) is 0 Å². The zero-order valence-corrected chi connectivity index (χ0v) is 21.8. The Kier molecular flexibility index (Phi) is 11.4. The summed E-state index contributed by atoms with van der Waals surface area (Å²) in [6.45, 7) is -2.25. The maximum Gasteiger partial charge on any atom is 0.187 e. The molecule has 1 aromatic carbocycles. The highest BCUT2D eigenvalue weighted by Gasteiger charge is 2.53. The minimum Gasteiger partial charge on any atom is -0.394 e. The lowest BCUT2D eigenvalue weighted by Gasteiger charge is -2.48. The Morgan fingerprint density at radius 2 is 0.951 bits per heavy atom. The zero-order valence-electron chi connectivity index (χ0n) is 21.8. The minimum absolute atomic E-state index is 0.000125. The van der Waals surface area contributed by atoms with E-state index < -0.39 is 112 Å². The third kappa shape index (κ3) is 7.05. The van der Waals surface area contributed by atoms with Gasteiger partial charge in [0, 0.05) is 0 Å². The average Bonchev–Trinajstić information content (AvgIpc) is 2.98. The van der Waals surface area contributed by atoms with Crippen LogP contribution in [0.5, 0.6) is 0 Å².